The zero-order valence-electron chi connectivity index (χ0n) is 15.5. The van der Waals surface area contributed by atoms with E-state index in [2.05, 4.69) is 15.1 Å². The van der Waals surface area contributed by atoms with Crippen LogP contribution in [-0.4, -0.2) is 25.7 Å². The number of hydrogen-bond donors (Lipinski definition) is 0. The van der Waals surface area contributed by atoms with Crippen molar-refractivity contribution in [1.29, 1.82) is 0 Å². The Morgan fingerprint density at radius 2 is 1.96 bits per heavy atom. The van der Waals surface area contributed by atoms with E-state index in [4.69, 9.17) is 16.3 Å². The van der Waals surface area contributed by atoms with Crippen molar-refractivity contribution >= 4 is 39.1 Å². The Kier molecular flexibility index (Phi) is 4.87. The van der Waals surface area contributed by atoms with E-state index in [1.54, 1.807) is 23.7 Å². The van der Waals surface area contributed by atoms with E-state index in [1.165, 1.54) is 11.3 Å². The maximum atomic E-state index is 12.7. The highest BCUT2D eigenvalue weighted by atomic mass is 35.5. The fourth-order valence-corrected chi connectivity index (χ4v) is 4.02. The van der Waals surface area contributed by atoms with E-state index in [-0.39, 0.29) is 10.7 Å². The van der Waals surface area contributed by atoms with Gasteiger partial charge in [0, 0.05) is 5.69 Å². The van der Waals surface area contributed by atoms with Crippen LogP contribution in [-0.2, 0) is 4.74 Å². The highest BCUT2D eigenvalue weighted by Crippen LogP contribution is 2.29. The van der Waals surface area contributed by atoms with Gasteiger partial charge in [0.05, 0.1) is 20.9 Å². The molecule has 6 nitrogen and oxygen atoms in total. The Labute approximate surface area is 170 Å². The number of thiazole rings is 1. The summed E-state index contributed by atoms with van der Waals surface area (Å²) in [6.07, 6.45) is -0.514. The average Bonchev–Trinajstić information content (AvgIpc) is 3.24. The molecule has 4 aromatic rings. The molecule has 8 heteroatoms. The van der Waals surface area contributed by atoms with Crippen LogP contribution in [0.3, 0.4) is 0 Å². The first-order valence-electron chi connectivity index (χ1n) is 8.69. The first kappa shape index (κ1) is 18.6. The predicted molar refractivity (Wildman–Crippen MR) is 109 cm³/mol. The minimum atomic E-state index is -0.597. The lowest BCUT2D eigenvalue weighted by molar-refractivity contribution is 0.0331. The monoisotopic (exact) mass is 412 g/mol. The number of ether oxygens (including phenoxy) is 1. The van der Waals surface area contributed by atoms with Crippen molar-refractivity contribution < 1.29 is 9.53 Å². The van der Waals surface area contributed by atoms with Crippen molar-refractivity contribution in [1.82, 2.24) is 19.7 Å². The normalized spacial score (nSPS) is 12.3. The van der Waals surface area contributed by atoms with Crippen LogP contribution in [0.15, 0.2) is 42.5 Å². The molecule has 3 aromatic heterocycles. The Morgan fingerprint density at radius 3 is 2.68 bits per heavy atom. The Morgan fingerprint density at radius 1 is 1.18 bits per heavy atom. The zero-order valence-corrected chi connectivity index (χ0v) is 17.1. The number of nitrogens with zero attached hydrogens (tertiary/aromatic N) is 4. The van der Waals surface area contributed by atoms with Crippen molar-refractivity contribution in [2.75, 3.05) is 0 Å². The lowest BCUT2D eigenvalue weighted by Crippen LogP contribution is -2.13. The molecule has 0 radical (unpaired) electrons. The molecule has 0 aliphatic heterocycles. The van der Waals surface area contributed by atoms with Gasteiger partial charge in [0.1, 0.15) is 5.01 Å². The van der Waals surface area contributed by atoms with Crippen LogP contribution in [0.1, 0.15) is 39.9 Å². The van der Waals surface area contributed by atoms with Gasteiger partial charge < -0.3 is 4.74 Å². The Balaban J connectivity index is 1.60. The van der Waals surface area contributed by atoms with E-state index in [0.29, 0.717) is 5.82 Å². The van der Waals surface area contributed by atoms with E-state index in [1.807, 2.05) is 44.2 Å². The number of fused-ring (bicyclic) bond motifs is 1. The van der Waals surface area contributed by atoms with Crippen molar-refractivity contribution in [2.24, 2.45) is 0 Å². The quantitative estimate of drug-likeness (QED) is 0.438. The smallest absolute Gasteiger partial charge is 0.359 e. The summed E-state index contributed by atoms with van der Waals surface area (Å²) in [4.78, 5) is 21.6. The van der Waals surface area contributed by atoms with Gasteiger partial charge in [-0.2, -0.15) is 5.10 Å². The lowest BCUT2D eigenvalue weighted by Gasteiger charge is -2.12. The number of esters is 1. The fraction of sp³-hybridized carbons (Fsp3) is 0.200. The van der Waals surface area contributed by atoms with Crippen LogP contribution < -0.4 is 0 Å². The summed E-state index contributed by atoms with van der Waals surface area (Å²) >= 11 is 7.71. The van der Waals surface area contributed by atoms with Crippen LogP contribution in [0.25, 0.3) is 16.0 Å². The second-order valence-corrected chi connectivity index (χ2v) is 7.88. The maximum Gasteiger partial charge on any atom is 0.359 e. The third kappa shape index (κ3) is 3.50. The van der Waals surface area contributed by atoms with Crippen molar-refractivity contribution in [2.45, 2.75) is 26.9 Å². The number of benzene rings is 1. The molecule has 1 atom stereocenters. The molecular formula is C20H17ClN4O2S. The predicted octanol–water partition coefficient (Wildman–Crippen LogP) is 5.07. The van der Waals surface area contributed by atoms with Gasteiger partial charge in [-0.3, -0.25) is 0 Å². The number of carbonyl (C=O) groups is 1. The lowest BCUT2D eigenvalue weighted by atomic mass is 10.3. The number of rotatable bonds is 4. The topological polar surface area (TPSA) is 69.9 Å². The molecular weight excluding hydrogens is 396 g/mol. The van der Waals surface area contributed by atoms with Crippen LogP contribution in [0, 0.1) is 13.8 Å². The van der Waals surface area contributed by atoms with Crippen molar-refractivity contribution in [3.8, 4) is 5.82 Å². The minimum absolute atomic E-state index is 0.0553. The summed E-state index contributed by atoms with van der Waals surface area (Å²) in [5.41, 5.74) is 2.71. The summed E-state index contributed by atoms with van der Waals surface area (Å²) in [6, 6.07) is 13.1. The molecule has 28 heavy (non-hydrogen) atoms. The van der Waals surface area contributed by atoms with E-state index in [9.17, 15) is 4.79 Å². The van der Waals surface area contributed by atoms with E-state index >= 15 is 0 Å². The largest absolute Gasteiger partial charge is 0.450 e. The average molecular weight is 413 g/mol. The van der Waals surface area contributed by atoms with Crippen LogP contribution in [0.4, 0.5) is 0 Å². The number of pyridine rings is 1. The highest BCUT2D eigenvalue weighted by Gasteiger charge is 2.21. The van der Waals surface area contributed by atoms with Crippen LogP contribution >= 0.6 is 22.9 Å². The number of carbonyl (C=O) groups excluding carboxylic acids is 1. The summed E-state index contributed by atoms with van der Waals surface area (Å²) in [5.74, 6) is -0.0882. The summed E-state index contributed by atoms with van der Waals surface area (Å²) in [5, 5.41) is 5.35. The van der Waals surface area contributed by atoms with Gasteiger partial charge in [-0.1, -0.05) is 23.7 Å². The third-order valence-electron chi connectivity index (χ3n) is 4.19. The van der Waals surface area contributed by atoms with Gasteiger partial charge in [-0.05, 0) is 51.1 Å². The molecule has 0 aliphatic rings. The van der Waals surface area contributed by atoms with Gasteiger partial charge in [-0.15, -0.1) is 11.3 Å². The van der Waals surface area contributed by atoms with Gasteiger partial charge in [-0.25, -0.2) is 19.4 Å². The molecule has 3 heterocycles. The summed E-state index contributed by atoms with van der Waals surface area (Å²) in [7, 11) is 0. The third-order valence-corrected chi connectivity index (χ3v) is 5.70. The number of hydrogen-bond acceptors (Lipinski definition) is 6. The molecule has 0 spiro atoms. The van der Waals surface area contributed by atoms with Crippen molar-refractivity contribution in [3.05, 3.63) is 69.6 Å². The Bertz CT molecular complexity index is 1150. The molecule has 142 valence electrons. The summed E-state index contributed by atoms with van der Waals surface area (Å²) < 4.78 is 8.30. The molecule has 1 unspecified atom stereocenters. The van der Waals surface area contributed by atoms with Crippen molar-refractivity contribution in [3.63, 3.8) is 0 Å². The number of para-hydroxylation sites is 1. The van der Waals surface area contributed by atoms with Crippen LogP contribution in [0.2, 0.25) is 5.02 Å². The zero-order chi connectivity index (χ0) is 19.8. The molecule has 0 aliphatic carbocycles. The van der Waals surface area contributed by atoms with E-state index < -0.39 is 12.1 Å². The minimum Gasteiger partial charge on any atom is -0.450 e. The second kappa shape index (κ2) is 7.33. The number of halogens is 1. The fourth-order valence-electron chi connectivity index (χ4n) is 2.88. The second-order valence-electron chi connectivity index (χ2n) is 6.41. The SMILES string of the molecule is Cc1cc(C)n(-c2ccc(Cl)c(C(=O)OC(C)c3nc4ccccc4s3)n2)n1. The first-order chi connectivity index (χ1) is 13.4. The van der Waals surface area contributed by atoms with Gasteiger partial charge in [0.15, 0.2) is 17.6 Å². The Hall–Kier alpha value is -2.77. The van der Waals surface area contributed by atoms with Gasteiger partial charge in [0.25, 0.3) is 0 Å². The van der Waals surface area contributed by atoms with Gasteiger partial charge in [0.2, 0.25) is 0 Å². The number of aromatic nitrogens is 4. The molecule has 0 saturated heterocycles. The molecule has 1 aromatic carbocycles. The summed E-state index contributed by atoms with van der Waals surface area (Å²) in [6.45, 7) is 5.60. The standard InChI is InChI=1S/C20H17ClN4O2S/c1-11-10-12(2)25(24-11)17-9-8-14(21)18(23-17)20(26)27-13(3)19-22-15-6-4-5-7-16(15)28-19/h4-10,13H,1-3H3. The molecule has 0 N–H and O–H groups in total. The van der Waals surface area contributed by atoms with Crippen LogP contribution in [0.5, 0.6) is 0 Å². The molecule has 0 saturated carbocycles. The molecule has 0 fully saturated rings. The molecule has 0 bridgehead atoms. The molecule has 4 rings (SSSR count). The van der Waals surface area contributed by atoms with Gasteiger partial charge >= 0.3 is 5.97 Å². The maximum absolute atomic E-state index is 12.7. The first-order valence-corrected chi connectivity index (χ1v) is 9.88. The highest BCUT2D eigenvalue weighted by molar-refractivity contribution is 7.18. The molecule has 0 amide bonds. The number of aryl methyl sites for hydroxylation is 2. The van der Waals surface area contributed by atoms with E-state index in [0.717, 1.165) is 26.6 Å².